The van der Waals surface area contributed by atoms with Gasteiger partial charge >= 0.3 is 0 Å². The summed E-state index contributed by atoms with van der Waals surface area (Å²) < 4.78 is 0. The van der Waals surface area contributed by atoms with E-state index < -0.39 is 0 Å². The van der Waals surface area contributed by atoms with Crippen LogP contribution in [0.2, 0.25) is 0 Å². The molecule has 1 aromatic heterocycles. The third kappa shape index (κ3) is 5.70. The van der Waals surface area contributed by atoms with Gasteiger partial charge in [-0.2, -0.15) is 5.10 Å². The number of aryl methyl sites for hydroxylation is 1. The number of hydrogen-bond donors (Lipinski definition) is 1. The van der Waals surface area contributed by atoms with E-state index in [1.807, 2.05) is 24.3 Å². The van der Waals surface area contributed by atoms with Crippen LogP contribution >= 0.6 is 0 Å². The molecule has 1 aromatic carbocycles. The number of benzene rings is 1. The molecule has 0 atom stereocenters. The summed E-state index contributed by atoms with van der Waals surface area (Å²) >= 11 is 0. The summed E-state index contributed by atoms with van der Waals surface area (Å²) in [5.74, 6) is 0.894. The molecule has 2 aromatic rings. The first-order valence-electron chi connectivity index (χ1n) is 9.68. The lowest BCUT2D eigenvalue weighted by molar-refractivity contribution is -0.130. The second-order valence-electron chi connectivity index (χ2n) is 7.44. The fourth-order valence-electron chi connectivity index (χ4n) is 3.71. The fraction of sp³-hybridized carbons (Fsp3) is 0.524. The summed E-state index contributed by atoms with van der Waals surface area (Å²) in [6, 6.07) is 10.7. The number of aromatic nitrogens is 2. The van der Waals surface area contributed by atoms with Crippen molar-refractivity contribution in [2.24, 2.45) is 5.92 Å². The largest absolute Gasteiger partial charge is 0.345 e. The maximum atomic E-state index is 12.3. The Kier molecular flexibility index (Phi) is 6.83. The number of nitrogens with zero attached hydrogens (tertiary/aromatic N) is 3. The number of hydrogen-bond acceptors (Lipinski definition) is 3. The van der Waals surface area contributed by atoms with Crippen molar-refractivity contribution >= 4 is 5.91 Å². The second kappa shape index (κ2) is 9.53. The molecule has 0 radical (unpaired) electrons. The van der Waals surface area contributed by atoms with Crippen LogP contribution in [0.15, 0.2) is 42.7 Å². The van der Waals surface area contributed by atoms with Gasteiger partial charge in [0.05, 0.1) is 6.20 Å². The van der Waals surface area contributed by atoms with Crippen LogP contribution in [0.4, 0.5) is 0 Å². The number of likely N-dealkylation sites (tertiary alicyclic amines) is 1. The molecule has 26 heavy (non-hydrogen) atoms. The quantitative estimate of drug-likeness (QED) is 0.792. The SMILES string of the molecule is CN(CC1CCN(Cc2ccccc2)CC1)C(=O)CCCc1cn[nH]c1. The Morgan fingerprint density at radius 3 is 2.69 bits per heavy atom. The average molecular weight is 354 g/mol. The lowest BCUT2D eigenvalue weighted by Gasteiger charge is -2.34. The number of amides is 1. The maximum absolute atomic E-state index is 12.3. The van der Waals surface area contributed by atoms with Crippen LogP contribution in [0.1, 0.15) is 36.8 Å². The first-order valence-corrected chi connectivity index (χ1v) is 9.68. The molecule has 0 aliphatic carbocycles. The number of nitrogens with one attached hydrogen (secondary N) is 1. The van der Waals surface area contributed by atoms with E-state index in [1.165, 1.54) is 24.0 Å². The average Bonchev–Trinajstić information content (AvgIpc) is 3.17. The van der Waals surface area contributed by atoms with Crippen molar-refractivity contribution in [2.45, 2.75) is 38.6 Å². The van der Waals surface area contributed by atoms with Crippen molar-refractivity contribution in [3.63, 3.8) is 0 Å². The van der Waals surface area contributed by atoms with Crippen LogP contribution in [0.5, 0.6) is 0 Å². The summed E-state index contributed by atoms with van der Waals surface area (Å²) in [7, 11) is 1.95. The van der Waals surface area contributed by atoms with Gasteiger partial charge < -0.3 is 4.90 Å². The molecule has 1 N–H and O–H groups in total. The molecule has 3 rings (SSSR count). The third-order valence-electron chi connectivity index (χ3n) is 5.32. The Morgan fingerprint density at radius 2 is 2.00 bits per heavy atom. The smallest absolute Gasteiger partial charge is 0.222 e. The summed E-state index contributed by atoms with van der Waals surface area (Å²) in [6.45, 7) is 4.18. The Labute approximate surface area is 156 Å². The molecule has 0 unspecified atom stereocenters. The minimum Gasteiger partial charge on any atom is -0.345 e. The second-order valence-corrected chi connectivity index (χ2v) is 7.44. The van der Waals surface area contributed by atoms with Crippen molar-refractivity contribution in [2.75, 3.05) is 26.7 Å². The minimum absolute atomic E-state index is 0.264. The molecule has 1 aliphatic heterocycles. The zero-order valence-electron chi connectivity index (χ0n) is 15.7. The van der Waals surface area contributed by atoms with Crippen LogP contribution in [0.25, 0.3) is 0 Å². The predicted molar refractivity (Wildman–Crippen MR) is 104 cm³/mol. The Morgan fingerprint density at radius 1 is 1.23 bits per heavy atom. The fourth-order valence-corrected chi connectivity index (χ4v) is 3.71. The van der Waals surface area contributed by atoms with Crippen LogP contribution in [0, 0.1) is 5.92 Å². The Balaban J connectivity index is 1.33. The first kappa shape index (κ1) is 18.6. The first-order chi connectivity index (χ1) is 12.7. The number of H-pyrrole nitrogens is 1. The molecule has 1 saturated heterocycles. The van der Waals surface area contributed by atoms with Crippen molar-refractivity contribution in [3.05, 3.63) is 53.9 Å². The zero-order chi connectivity index (χ0) is 18.2. The van der Waals surface area contributed by atoms with Gasteiger partial charge in [-0.3, -0.25) is 14.8 Å². The number of rotatable bonds is 8. The molecule has 1 fully saturated rings. The molecule has 1 amide bonds. The molecule has 0 spiro atoms. The van der Waals surface area contributed by atoms with E-state index in [2.05, 4.69) is 45.4 Å². The predicted octanol–water partition coefficient (Wildman–Crippen LogP) is 3.10. The van der Waals surface area contributed by atoms with Crippen molar-refractivity contribution in [1.82, 2.24) is 20.0 Å². The highest BCUT2D eigenvalue weighted by Gasteiger charge is 2.22. The van der Waals surface area contributed by atoms with Gasteiger partial charge in [0.15, 0.2) is 0 Å². The maximum Gasteiger partial charge on any atom is 0.222 e. The zero-order valence-corrected chi connectivity index (χ0v) is 15.7. The van der Waals surface area contributed by atoms with E-state index >= 15 is 0 Å². The van der Waals surface area contributed by atoms with E-state index in [9.17, 15) is 4.79 Å². The Bertz CT molecular complexity index is 648. The highest BCUT2D eigenvalue weighted by molar-refractivity contribution is 5.75. The van der Waals surface area contributed by atoms with Gasteiger partial charge in [-0.1, -0.05) is 30.3 Å². The lowest BCUT2D eigenvalue weighted by Crippen LogP contribution is -2.39. The molecule has 1 aliphatic rings. The van der Waals surface area contributed by atoms with Gasteiger partial charge in [0, 0.05) is 32.8 Å². The van der Waals surface area contributed by atoms with Crippen LogP contribution in [-0.4, -0.2) is 52.6 Å². The van der Waals surface area contributed by atoms with Crippen LogP contribution < -0.4 is 0 Å². The standard InChI is InChI=1S/C21H30N4O/c1-24(21(26)9-5-8-20-14-22-23-15-20)16-19-10-12-25(13-11-19)17-18-6-3-2-4-7-18/h2-4,6-7,14-15,19H,5,8-13,16-17H2,1H3,(H,22,23). The summed E-state index contributed by atoms with van der Waals surface area (Å²) in [5.41, 5.74) is 2.56. The highest BCUT2D eigenvalue weighted by Crippen LogP contribution is 2.20. The topological polar surface area (TPSA) is 52.2 Å². The van der Waals surface area contributed by atoms with Crippen LogP contribution in [-0.2, 0) is 17.8 Å². The van der Waals surface area contributed by atoms with Gasteiger partial charge in [-0.25, -0.2) is 0 Å². The summed E-state index contributed by atoms with van der Waals surface area (Å²) in [4.78, 5) is 16.8. The number of carbonyl (C=O) groups excluding carboxylic acids is 1. The number of piperidine rings is 1. The van der Waals surface area contributed by atoms with Crippen molar-refractivity contribution in [1.29, 1.82) is 0 Å². The van der Waals surface area contributed by atoms with Gasteiger partial charge in [-0.05, 0) is 55.8 Å². The Hall–Kier alpha value is -2.14. The van der Waals surface area contributed by atoms with E-state index in [1.54, 1.807) is 0 Å². The molecular formula is C21H30N4O. The molecule has 5 heteroatoms. The van der Waals surface area contributed by atoms with Gasteiger partial charge in [0.1, 0.15) is 0 Å². The molecule has 0 bridgehead atoms. The van der Waals surface area contributed by atoms with Gasteiger partial charge in [-0.15, -0.1) is 0 Å². The summed E-state index contributed by atoms with van der Waals surface area (Å²) in [6.07, 6.45) is 8.51. The monoisotopic (exact) mass is 354 g/mol. The van der Waals surface area contributed by atoms with Gasteiger partial charge in [0.25, 0.3) is 0 Å². The number of aromatic amines is 1. The third-order valence-corrected chi connectivity index (χ3v) is 5.32. The molecule has 5 nitrogen and oxygen atoms in total. The normalized spacial score (nSPS) is 15.9. The van der Waals surface area contributed by atoms with Crippen LogP contribution in [0.3, 0.4) is 0 Å². The molecule has 140 valence electrons. The van der Waals surface area contributed by atoms with E-state index in [0.29, 0.717) is 12.3 Å². The van der Waals surface area contributed by atoms with E-state index in [0.717, 1.165) is 39.0 Å². The molecule has 0 saturated carbocycles. The molecule has 2 heterocycles. The highest BCUT2D eigenvalue weighted by atomic mass is 16.2. The molecular weight excluding hydrogens is 324 g/mol. The van der Waals surface area contributed by atoms with Crippen molar-refractivity contribution < 1.29 is 4.79 Å². The van der Waals surface area contributed by atoms with Gasteiger partial charge in [0.2, 0.25) is 5.91 Å². The minimum atomic E-state index is 0.264. The lowest BCUT2D eigenvalue weighted by atomic mass is 9.95. The number of carbonyl (C=O) groups is 1. The van der Waals surface area contributed by atoms with E-state index in [4.69, 9.17) is 0 Å². The van der Waals surface area contributed by atoms with E-state index in [-0.39, 0.29) is 5.91 Å². The summed E-state index contributed by atoms with van der Waals surface area (Å²) in [5, 5.41) is 6.75. The van der Waals surface area contributed by atoms with Crippen molar-refractivity contribution in [3.8, 4) is 0 Å².